The van der Waals surface area contributed by atoms with Gasteiger partial charge >= 0.3 is 18.9 Å². The van der Waals surface area contributed by atoms with Crippen molar-refractivity contribution in [3.8, 4) is 5.75 Å². The van der Waals surface area contributed by atoms with Gasteiger partial charge in [0.1, 0.15) is 5.75 Å². The number of carbonyl (C=O) groups is 1. The first-order valence-electron chi connectivity index (χ1n) is 8.40. The maximum absolute atomic E-state index is 12.8. The van der Waals surface area contributed by atoms with E-state index in [9.17, 15) is 4.79 Å². The minimum atomic E-state index is 0. The summed E-state index contributed by atoms with van der Waals surface area (Å²) in [6.07, 6.45) is 0. The Balaban J connectivity index is 0.00000312. The van der Waals surface area contributed by atoms with E-state index in [0.717, 1.165) is 33.3 Å². The third kappa shape index (κ3) is 6.00. The summed E-state index contributed by atoms with van der Waals surface area (Å²) in [6.45, 7) is 13.1. The van der Waals surface area contributed by atoms with Gasteiger partial charge in [-0.05, 0) is 76.3 Å². The molecular weight excluding hydrogens is 322 g/mol. The van der Waals surface area contributed by atoms with Gasteiger partial charge in [-0.2, -0.15) is 0 Å². The van der Waals surface area contributed by atoms with Gasteiger partial charge in [0, 0.05) is 5.56 Å². The molecule has 25 heavy (non-hydrogen) atoms. The Kier molecular flexibility index (Phi) is 8.43. The Morgan fingerprint density at radius 3 is 2.16 bits per heavy atom. The van der Waals surface area contributed by atoms with Crippen molar-refractivity contribution in [2.75, 3.05) is 6.61 Å². The van der Waals surface area contributed by atoms with Crippen LogP contribution in [-0.2, 0) is 0 Å². The van der Waals surface area contributed by atoms with Gasteiger partial charge in [-0.1, -0.05) is 37.6 Å². The van der Waals surface area contributed by atoms with Crippen LogP contribution in [0, 0.1) is 33.6 Å². The smallest absolute Gasteiger partial charge is 1.00 e. The van der Waals surface area contributed by atoms with E-state index < -0.39 is 0 Å². The number of rotatable bonds is 6. The second-order valence-corrected chi connectivity index (χ2v) is 8.15. The summed E-state index contributed by atoms with van der Waals surface area (Å²) >= 11 is 0. The first-order valence-corrected chi connectivity index (χ1v) is 9.40. The summed E-state index contributed by atoms with van der Waals surface area (Å²) in [7, 11) is 0.143. The van der Waals surface area contributed by atoms with Gasteiger partial charge in [-0.25, -0.2) is 0 Å². The predicted molar refractivity (Wildman–Crippen MR) is 106 cm³/mol. The zero-order chi connectivity index (χ0) is 17.9. The molecule has 0 saturated carbocycles. The van der Waals surface area contributed by atoms with Crippen LogP contribution in [0.15, 0.2) is 30.3 Å². The third-order valence-electron chi connectivity index (χ3n) is 3.93. The average molecular weight is 350 g/mol. The van der Waals surface area contributed by atoms with Gasteiger partial charge in [-0.3, -0.25) is 4.79 Å². The van der Waals surface area contributed by atoms with Crippen molar-refractivity contribution in [2.45, 2.75) is 41.5 Å². The van der Waals surface area contributed by atoms with Crippen molar-refractivity contribution in [1.82, 2.24) is 0 Å². The van der Waals surface area contributed by atoms with Crippen LogP contribution in [0.5, 0.6) is 5.75 Å². The zero-order valence-corrected chi connectivity index (χ0v) is 17.5. The van der Waals surface area contributed by atoms with Crippen molar-refractivity contribution < 1.29 is 29.8 Å². The number of hydrogen-bond donors (Lipinski definition) is 0. The molecule has 2 aromatic carbocycles. The van der Waals surface area contributed by atoms with Gasteiger partial charge in [0.2, 0.25) is 0 Å². The summed E-state index contributed by atoms with van der Waals surface area (Å²) in [4.78, 5) is 12.8. The molecule has 1 unspecified atom stereocenters. The molecule has 4 heteroatoms. The third-order valence-corrected chi connectivity index (χ3v) is 5.24. The van der Waals surface area contributed by atoms with E-state index in [1.54, 1.807) is 0 Å². The Morgan fingerprint density at radius 1 is 1.04 bits per heavy atom. The van der Waals surface area contributed by atoms with Gasteiger partial charge in [0.15, 0.2) is 5.52 Å². The van der Waals surface area contributed by atoms with Crippen LogP contribution in [0.25, 0.3) is 0 Å². The molecule has 0 fully saturated rings. The molecule has 0 saturated heterocycles. The van der Waals surface area contributed by atoms with E-state index in [0.29, 0.717) is 12.5 Å². The second-order valence-electron chi connectivity index (χ2n) is 6.91. The molecule has 1 atom stereocenters. The van der Waals surface area contributed by atoms with E-state index >= 15 is 0 Å². The molecule has 0 aliphatic carbocycles. The molecule has 0 aliphatic rings. The van der Waals surface area contributed by atoms with Crippen LogP contribution in [0.4, 0.5) is 0 Å². The quantitative estimate of drug-likeness (QED) is 0.590. The summed E-state index contributed by atoms with van der Waals surface area (Å²) in [5.41, 5.74) is 5.54. The topological polar surface area (TPSA) is 26.3 Å². The van der Waals surface area contributed by atoms with E-state index in [-0.39, 0.29) is 34.4 Å². The molecule has 2 aromatic rings. The van der Waals surface area contributed by atoms with E-state index in [2.05, 4.69) is 32.9 Å². The van der Waals surface area contributed by atoms with Gasteiger partial charge in [0.25, 0.3) is 0 Å². The fourth-order valence-electron chi connectivity index (χ4n) is 2.85. The van der Waals surface area contributed by atoms with E-state index in [4.69, 9.17) is 4.74 Å². The minimum absolute atomic E-state index is 0. The van der Waals surface area contributed by atoms with Crippen LogP contribution >= 0.6 is 8.58 Å². The normalized spacial score (nSPS) is 11.0. The van der Waals surface area contributed by atoms with Gasteiger partial charge in [-0.15, -0.1) is 0 Å². The molecule has 0 radical (unpaired) electrons. The van der Waals surface area contributed by atoms with Crippen molar-refractivity contribution in [1.29, 1.82) is 0 Å². The molecule has 0 aliphatic heterocycles. The molecule has 130 valence electrons. The van der Waals surface area contributed by atoms with Crippen molar-refractivity contribution in [2.24, 2.45) is 5.92 Å². The Hall–Kier alpha value is -1.06. The maximum atomic E-state index is 12.8. The monoisotopic (exact) mass is 350 g/mol. The number of hydrogen-bond acceptors (Lipinski definition) is 2. The number of carbonyl (C=O) groups excluding carboxylic acids is 1. The summed E-state index contributed by atoms with van der Waals surface area (Å²) < 4.78 is 5.76. The van der Waals surface area contributed by atoms with E-state index in [1.807, 2.05) is 39.0 Å². The largest absolute Gasteiger partial charge is 1.00 e. The fraction of sp³-hybridized carbons (Fsp3) is 0.381. The standard InChI is InChI=1S/C21H27O2P.Li.H/c1-13(2)12-23-18-7-8-19(15(4)11-18)24-21(22)20-16(5)9-14(3)10-17(20)6;;/h7-11,13,24H,12H2,1-6H3;;/q;+1;-1. The summed E-state index contributed by atoms with van der Waals surface area (Å²) in [5, 5.41) is 1.09. The first-order chi connectivity index (χ1) is 11.3. The molecule has 0 N–H and O–H groups in total. The average Bonchev–Trinajstić information content (AvgIpc) is 2.46. The van der Waals surface area contributed by atoms with Crippen molar-refractivity contribution in [3.63, 3.8) is 0 Å². The van der Waals surface area contributed by atoms with Crippen LogP contribution in [0.1, 0.15) is 47.9 Å². The minimum Gasteiger partial charge on any atom is -1.00 e. The molecule has 0 amide bonds. The molecular formula is C21H28LiO2P. The van der Waals surface area contributed by atoms with Crippen LogP contribution < -0.4 is 28.9 Å². The van der Waals surface area contributed by atoms with Gasteiger partial charge in [0.05, 0.1) is 6.61 Å². The second kappa shape index (κ2) is 9.58. The molecule has 0 bridgehead atoms. The van der Waals surface area contributed by atoms with Crippen molar-refractivity contribution >= 4 is 19.4 Å². The predicted octanol–water partition coefficient (Wildman–Crippen LogP) is 2.22. The summed E-state index contributed by atoms with van der Waals surface area (Å²) in [6, 6.07) is 10.2. The number of aryl methyl sites for hydroxylation is 4. The fourth-order valence-corrected chi connectivity index (χ4v) is 4.05. The number of benzene rings is 2. The zero-order valence-electron chi connectivity index (χ0n) is 17.5. The summed E-state index contributed by atoms with van der Waals surface area (Å²) in [5.74, 6) is 1.38. The molecule has 0 aromatic heterocycles. The van der Waals surface area contributed by atoms with Crippen LogP contribution in [-0.4, -0.2) is 12.1 Å². The SMILES string of the molecule is Cc1cc(C)c(C(=O)Pc2ccc(OCC(C)C)cc2C)c(C)c1.[H-].[Li+]. The Morgan fingerprint density at radius 2 is 1.64 bits per heavy atom. The van der Waals surface area contributed by atoms with Crippen molar-refractivity contribution in [3.05, 3.63) is 58.1 Å². The van der Waals surface area contributed by atoms with Gasteiger partial charge < -0.3 is 6.16 Å². The number of ether oxygens (including phenoxy) is 1. The molecule has 2 nitrogen and oxygen atoms in total. The molecule has 0 heterocycles. The molecule has 0 spiro atoms. The van der Waals surface area contributed by atoms with E-state index in [1.165, 1.54) is 5.56 Å². The van der Waals surface area contributed by atoms with Crippen LogP contribution in [0.3, 0.4) is 0 Å². The maximum Gasteiger partial charge on any atom is 1.00 e. The first kappa shape index (κ1) is 22.0. The Bertz CT molecular complexity index is 737. The van der Waals surface area contributed by atoms with Crippen LogP contribution in [0.2, 0.25) is 0 Å². The Labute approximate surface area is 167 Å². The molecule has 2 rings (SSSR count).